The summed E-state index contributed by atoms with van der Waals surface area (Å²) in [6.45, 7) is 0.185. The molecule has 4 N–H and O–H groups in total. The van der Waals surface area contributed by atoms with Crippen LogP contribution in [0.25, 0.3) is 22.3 Å². The van der Waals surface area contributed by atoms with Crippen molar-refractivity contribution in [2.45, 2.75) is 12.8 Å². The minimum absolute atomic E-state index is 0. The number of rotatable bonds is 10. The first-order chi connectivity index (χ1) is 21.9. The van der Waals surface area contributed by atoms with Crippen LogP contribution in [0, 0.1) is 0 Å². The van der Waals surface area contributed by atoms with E-state index in [-0.39, 0.29) is 70.1 Å². The van der Waals surface area contributed by atoms with Gasteiger partial charge in [0.15, 0.2) is 17.3 Å². The molecule has 0 unspecified atom stereocenters. The Labute approximate surface area is 283 Å². The van der Waals surface area contributed by atoms with Crippen molar-refractivity contribution in [3.05, 3.63) is 132 Å². The van der Waals surface area contributed by atoms with E-state index in [1.54, 1.807) is 0 Å². The lowest BCUT2D eigenvalue weighted by atomic mass is 10.1. The summed E-state index contributed by atoms with van der Waals surface area (Å²) in [6, 6.07) is 38.1. The summed E-state index contributed by atoms with van der Waals surface area (Å²) in [4.78, 5) is 13.7. The lowest BCUT2D eigenvalue weighted by molar-refractivity contribution is -0.0000135. The molecule has 0 amide bonds. The minimum atomic E-state index is -2.03. The highest BCUT2D eigenvalue weighted by Crippen LogP contribution is 2.56. The summed E-state index contributed by atoms with van der Waals surface area (Å²) in [5, 5.41) is 44.2. The first kappa shape index (κ1) is 32.9. The topological polar surface area (TPSA) is 120 Å². The Balaban J connectivity index is 0.00000417. The van der Waals surface area contributed by atoms with Gasteiger partial charge in [0.1, 0.15) is 45.6 Å². The van der Waals surface area contributed by atoms with Crippen LogP contribution in [0.15, 0.2) is 131 Å². The number of hydrogen-bond acceptors (Lipinski definition) is 7. The Morgan fingerprint density at radius 1 is 0.630 bits per heavy atom. The Morgan fingerprint density at radius 3 is 1.74 bits per heavy atom. The lowest BCUT2D eigenvalue weighted by Crippen LogP contribution is -3.00. The van der Waals surface area contributed by atoms with E-state index in [1.807, 2.05) is 18.2 Å². The van der Waals surface area contributed by atoms with Gasteiger partial charge in [-0.25, -0.2) is 0 Å². The third-order valence-corrected chi connectivity index (χ3v) is 12.4. The second-order valence-corrected chi connectivity index (χ2v) is 14.3. The summed E-state index contributed by atoms with van der Waals surface area (Å²) in [6.07, 6.45) is 2.28. The fourth-order valence-electron chi connectivity index (χ4n) is 5.76. The van der Waals surface area contributed by atoms with Crippen LogP contribution < -0.4 is 50.1 Å². The van der Waals surface area contributed by atoms with Crippen molar-refractivity contribution in [1.82, 2.24) is 0 Å². The summed E-state index contributed by atoms with van der Waals surface area (Å²) in [5.74, 6) is -1.58. The number of fused-ring (bicyclic) bond motifs is 1. The normalized spacial score (nSPS) is 11.2. The first-order valence-electron chi connectivity index (χ1n) is 14.6. The van der Waals surface area contributed by atoms with E-state index in [9.17, 15) is 25.2 Å². The highest BCUT2D eigenvalue weighted by Gasteiger charge is 2.44. The molecule has 1 heterocycles. The molecule has 0 aliphatic heterocycles. The zero-order valence-corrected chi connectivity index (χ0v) is 27.8. The van der Waals surface area contributed by atoms with Gasteiger partial charge in [-0.3, -0.25) is 4.79 Å². The van der Waals surface area contributed by atoms with Gasteiger partial charge in [0.05, 0.1) is 12.8 Å². The maximum atomic E-state index is 13.7. The molecule has 7 nitrogen and oxygen atoms in total. The van der Waals surface area contributed by atoms with E-state index >= 15 is 0 Å². The molecule has 0 bridgehead atoms. The fourth-order valence-corrected chi connectivity index (χ4v) is 10.2. The molecule has 0 saturated carbocycles. The molecule has 0 saturated heterocycles. The molecular formula is C37H32IO7P. The van der Waals surface area contributed by atoms with Crippen LogP contribution >= 0.6 is 7.26 Å². The summed E-state index contributed by atoms with van der Waals surface area (Å²) < 4.78 is 12.1. The molecule has 0 aliphatic rings. The molecule has 0 radical (unpaired) electrons. The molecular weight excluding hydrogens is 714 g/mol. The van der Waals surface area contributed by atoms with E-state index < -0.39 is 24.2 Å². The monoisotopic (exact) mass is 746 g/mol. The summed E-state index contributed by atoms with van der Waals surface area (Å²) in [5.41, 5.74) is -0.379. The van der Waals surface area contributed by atoms with Crippen molar-refractivity contribution in [3.63, 3.8) is 0 Å². The van der Waals surface area contributed by atoms with Crippen molar-refractivity contribution in [2.75, 3.05) is 12.8 Å². The van der Waals surface area contributed by atoms with Gasteiger partial charge >= 0.3 is 0 Å². The van der Waals surface area contributed by atoms with Crippen molar-refractivity contribution < 1.29 is 53.6 Å². The molecule has 46 heavy (non-hydrogen) atoms. The Bertz CT molecular complexity index is 1900. The van der Waals surface area contributed by atoms with Gasteiger partial charge in [-0.2, -0.15) is 0 Å². The van der Waals surface area contributed by atoms with Crippen molar-refractivity contribution in [1.29, 1.82) is 0 Å². The number of halogens is 1. The molecule has 6 rings (SSSR count). The largest absolute Gasteiger partial charge is 1.00 e. The van der Waals surface area contributed by atoms with E-state index in [1.165, 1.54) is 40.2 Å². The van der Waals surface area contributed by atoms with Crippen LogP contribution in [-0.2, 0) is 0 Å². The van der Waals surface area contributed by atoms with Crippen LogP contribution in [-0.4, -0.2) is 33.2 Å². The minimum Gasteiger partial charge on any atom is -1.00 e. The SMILES string of the molecule is O=c1c(OCCCC[P+](c2ccccc2)(c2ccccc2)c2ccccc2)c(-c2ccc(O)c(O)c2)oc2cc(O)cc(O)c12.[I-]. The molecule has 0 atom stereocenters. The Kier molecular flexibility index (Phi) is 10.2. The van der Waals surface area contributed by atoms with E-state index in [2.05, 4.69) is 72.8 Å². The van der Waals surface area contributed by atoms with Gasteiger partial charge in [0.25, 0.3) is 0 Å². The third kappa shape index (κ3) is 6.41. The van der Waals surface area contributed by atoms with Gasteiger partial charge in [-0.1, -0.05) is 54.6 Å². The molecule has 234 valence electrons. The van der Waals surface area contributed by atoms with E-state index in [0.29, 0.717) is 6.42 Å². The third-order valence-electron chi connectivity index (χ3n) is 7.88. The molecule has 9 heteroatoms. The molecule has 0 spiro atoms. The number of hydrogen-bond donors (Lipinski definition) is 4. The zero-order valence-electron chi connectivity index (χ0n) is 24.7. The molecule has 0 aliphatic carbocycles. The number of phenols is 4. The quantitative estimate of drug-likeness (QED) is 0.0735. The highest BCUT2D eigenvalue weighted by atomic mass is 127. The van der Waals surface area contributed by atoms with Crippen molar-refractivity contribution >= 4 is 34.1 Å². The predicted octanol–water partition coefficient (Wildman–Crippen LogP) is 3.44. The number of unbranched alkanes of at least 4 members (excludes halogenated alkanes) is 1. The average molecular weight is 747 g/mol. The smallest absolute Gasteiger partial charge is 0.239 e. The Hall–Kier alpha value is -4.53. The van der Waals surface area contributed by atoms with Gasteiger partial charge in [-0.15, -0.1) is 0 Å². The maximum absolute atomic E-state index is 13.7. The number of benzene rings is 5. The maximum Gasteiger partial charge on any atom is 0.239 e. The van der Waals surface area contributed by atoms with Crippen LogP contribution in [0.3, 0.4) is 0 Å². The Morgan fingerprint density at radius 2 is 1.20 bits per heavy atom. The van der Waals surface area contributed by atoms with Crippen LogP contribution in [0.4, 0.5) is 0 Å². The van der Waals surface area contributed by atoms with Gasteiger partial charge < -0.3 is 53.6 Å². The first-order valence-corrected chi connectivity index (χ1v) is 16.6. The van der Waals surface area contributed by atoms with Crippen LogP contribution in [0.2, 0.25) is 0 Å². The highest BCUT2D eigenvalue weighted by molar-refractivity contribution is 7.95. The van der Waals surface area contributed by atoms with Gasteiger partial charge in [0, 0.05) is 17.7 Å². The van der Waals surface area contributed by atoms with E-state index in [0.717, 1.165) is 18.6 Å². The molecule has 5 aromatic carbocycles. The molecule has 6 aromatic rings. The number of ether oxygens (including phenoxy) is 1. The fraction of sp³-hybridized carbons (Fsp3) is 0.108. The van der Waals surface area contributed by atoms with Crippen LogP contribution in [0.5, 0.6) is 28.7 Å². The lowest BCUT2D eigenvalue weighted by Gasteiger charge is -2.27. The molecule has 1 aromatic heterocycles. The van der Waals surface area contributed by atoms with Gasteiger partial charge in [0.2, 0.25) is 11.2 Å². The predicted molar refractivity (Wildman–Crippen MR) is 179 cm³/mol. The molecule has 0 fully saturated rings. The second kappa shape index (κ2) is 14.3. The average Bonchev–Trinajstić information content (AvgIpc) is 3.06. The standard InChI is InChI=1S/C37H31O7P.HI/c38-26-23-32(41)34-33(24-26)44-36(25-18-19-30(39)31(40)22-25)37(35(34)42)43-20-10-11-21-45(27-12-4-1-5-13-27,28-14-6-2-7-15-28)29-16-8-3-9-17-29;/h1-9,12-19,22-24H,10-11,20-21H2,(H3-,38,39,40,41,42);1H. The number of aromatic hydroxyl groups is 4. The van der Waals surface area contributed by atoms with Crippen molar-refractivity contribution in [2.24, 2.45) is 0 Å². The summed E-state index contributed by atoms with van der Waals surface area (Å²) >= 11 is 0. The van der Waals surface area contributed by atoms with Crippen LogP contribution in [0.1, 0.15) is 12.8 Å². The van der Waals surface area contributed by atoms with Gasteiger partial charge in [-0.05, 0) is 67.4 Å². The second-order valence-electron chi connectivity index (χ2n) is 10.7. The summed E-state index contributed by atoms with van der Waals surface area (Å²) in [7, 11) is -2.03. The van der Waals surface area contributed by atoms with E-state index in [4.69, 9.17) is 9.15 Å². The zero-order chi connectivity index (χ0) is 31.4. The number of phenolic OH excluding ortho intramolecular Hbond substituents is 4. The van der Waals surface area contributed by atoms with Crippen molar-refractivity contribution in [3.8, 4) is 40.1 Å².